The van der Waals surface area contributed by atoms with E-state index in [-0.39, 0.29) is 0 Å². The van der Waals surface area contributed by atoms with Gasteiger partial charge in [0.2, 0.25) is 0 Å². The predicted octanol–water partition coefficient (Wildman–Crippen LogP) is 3.71. The average Bonchev–Trinajstić information content (AvgIpc) is 1.78. The van der Waals surface area contributed by atoms with Gasteiger partial charge in [0.15, 0.2) is 0 Å². The van der Waals surface area contributed by atoms with E-state index >= 15 is 0 Å². The van der Waals surface area contributed by atoms with Gasteiger partial charge in [0.05, 0.1) is 0 Å². The van der Waals surface area contributed by atoms with E-state index in [0.717, 1.165) is 0 Å². The smallest absolute Gasteiger partial charge is 0.0480 e. The van der Waals surface area contributed by atoms with Crippen molar-refractivity contribution in [2.75, 3.05) is 4.43 Å². The van der Waals surface area contributed by atoms with Gasteiger partial charge >= 0.3 is 0 Å². The summed E-state index contributed by atoms with van der Waals surface area (Å²) in [5, 5.41) is 0. The monoisotopic (exact) mass is 268 g/mol. The fourth-order valence-electron chi connectivity index (χ4n) is 0.618. The number of allylic oxidation sites excluding steroid dienone is 2. The first-order valence-electron chi connectivity index (χ1n) is 3.77. The lowest BCUT2D eigenvalue weighted by atomic mass is 10.4. The van der Waals surface area contributed by atoms with Crippen LogP contribution in [0.3, 0.4) is 0 Å². The molecule has 0 aromatic carbocycles. The third-order valence-electron chi connectivity index (χ3n) is 1.17. The topological polar surface area (TPSA) is 0 Å². The van der Waals surface area contributed by atoms with Crippen molar-refractivity contribution in [3.8, 4) is 0 Å². The highest BCUT2D eigenvalue weighted by Gasteiger charge is 2.08. The van der Waals surface area contributed by atoms with Gasteiger partial charge in [-0.1, -0.05) is 54.4 Å². The van der Waals surface area contributed by atoms with Gasteiger partial charge in [0.25, 0.3) is 0 Å². The summed E-state index contributed by atoms with van der Waals surface area (Å²) in [7, 11) is -0.796. The SMILES string of the molecule is C[Si](C)(C)C/C=C\CCI. The van der Waals surface area contributed by atoms with Crippen LogP contribution in [0.15, 0.2) is 12.2 Å². The van der Waals surface area contributed by atoms with Crippen LogP contribution in [0.1, 0.15) is 6.42 Å². The minimum Gasteiger partial charge on any atom is -0.0912 e. The highest BCUT2D eigenvalue weighted by molar-refractivity contribution is 14.1. The van der Waals surface area contributed by atoms with Crippen LogP contribution in [0, 0.1) is 0 Å². The molecule has 0 aliphatic carbocycles. The van der Waals surface area contributed by atoms with Gasteiger partial charge in [-0.15, -0.1) is 0 Å². The summed E-state index contributed by atoms with van der Waals surface area (Å²) in [5.74, 6) is 0. The number of hydrogen-bond donors (Lipinski definition) is 0. The van der Waals surface area contributed by atoms with E-state index in [4.69, 9.17) is 0 Å². The lowest BCUT2D eigenvalue weighted by Crippen LogP contribution is -2.17. The summed E-state index contributed by atoms with van der Waals surface area (Å²) in [5.41, 5.74) is 0. The van der Waals surface area contributed by atoms with Crippen LogP contribution in [-0.2, 0) is 0 Å². The molecule has 0 unspecified atom stereocenters. The molecule has 60 valence electrons. The molecule has 0 aromatic heterocycles. The molecule has 0 spiro atoms. The molecule has 0 N–H and O–H groups in total. The Hall–Kier alpha value is 0.687. The lowest BCUT2D eigenvalue weighted by Gasteiger charge is -2.11. The minimum absolute atomic E-state index is 0.796. The molecule has 0 aliphatic heterocycles. The number of alkyl halides is 1. The second-order valence-corrected chi connectivity index (χ2v) is 10.3. The second kappa shape index (κ2) is 5.35. The molecule has 0 bridgehead atoms. The van der Waals surface area contributed by atoms with Gasteiger partial charge in [0, 0.05) is 12.5 Å². The van der Waals surface area contributed by atoms with E-state index in [0.29, 0.717) is 0 Å². The fraction of sp³-hybridized carbons (Fsp3) is 0.750. The van der Waals surface area contributed by atoms with Crippen molar-refractivity contribution < 1.29 is 0 Å². The Bertz CT molecular complexity index is 102. The standard InChI is InChI=1S/C8H17ISi/c1-10(2,3)8-6-4-5-7-9/h4,6H,5,7-8H2,1-3H3/b6-4-. The molecule has 0 heterocycles. The van der Waals surface area contributed by atoms with E-state index in [1.165, 1.54) is 16.9 Å². The van der Waals surface area contributed by atoms with Crippen LogP contribution in [0.5, 0.6) is 0 Å². The number of rotatable bonds is 4. The van der Waals surface area contributed by atoms with Crippen molar-refractivity contribution in [1.82, 2.24) is 0 Å². The van der Waals surface area contributed by atoms with Crippen LogP contribution in [0.4, 0.5) is 0 Å². The summed E-state index contributed by atoms with van der Waals surface area (Å²) in [6, 6.07) is 1.34. The zero-order valence-electron chi connectivity index (χ0n) is 7.15. The van der Waals surface area contributed by atoms with Gasteiger partial charge in [-0.2, -0.15) is 0 Å². The first kappa shape index (κ1) is 10.7. The minimum atomic E-state index is -0.796. The molecule has 10 heavy (non-hydrogen) atoms. The molecule has 0 radical (unpaired) electrons. The Morgan fingerprint density at radius 2 is 1.80 bits per heavy atom. The quantitative estimate of drug-likeness (QED) is 0.315. The Balaban J connectivity index is 3.34. The van der Waals surface area contributed by atoms with E-state index < -0.39 is 8.07 Å². The van der Waals surface area contributed by atoms with Crippen molar-refractivity contribution in [2.24, 2.45) is 0 Å². The van der Waals surface area contributed by atoms with E-state index in [9.17, 15) is 0 Å². The molecule has 0 amide bonds. The van der Waals surface area contributed by atoms with Crippen molar-refractivity contribution >= 4 is 30.7 Å². The molecule has 0 aliphatic rings. The van der Waals surface area contributed by atoms with Crippen LogP contribution >= 0.6 is 22.6 Å². The molecule has 0 nitrogen and oxygen atoms in total. The third-order valence-corrected chi connectivity index (χ3v) is 3.26. The molecule has 0 atom stereocenters. The van der Waals surface area contributed by atoms with Gasteiger partial charge in [-0.05, 0) is 12.5 Å². The van der Waals surface area contributed by atoms with Crippen molar-refractivity contribution in [1.29, 1.82) is 0 Å². The molecule has 0 fully saturated rings. The first-order chi connectivity index (χ1) is 4.56. The maximum Gasteiger partial charge on any atom is 0.0480 e. The normalized spacial score (nSPS) is 12.8. The number of hydrogen-bond acceptors (Lipinski definition) is 0. The molecular weight excluding hydrogens is 251 g/mol. The first-order valence-corrected chi connectivity index (χ1v) is 9.00. The Labute approximate surface area is 79.2 Å². The van der Waals surface area contributed by atoms with Crippen LogP contribution in [0.2, 0.25) is 25.7 Å². The highest BCUT2D eigenvalue weighted by Crippen LogP contribution is 2.08. The third kappa shape index (κ3) is 8.69. The van der Waals surface area contributed by atoms with E-state index in [1.54, 1.807) is 0 Å². The second-order valence-electron chi connectivity index (χ2n) is 3.71. The molecule has 0 saturated heterocycles. The zero-order valence-corrected chi connectivity index (χ0v) is 10.3. The zero-order chi connectivity index (χ0) is 8.04. The van der Waals surface area contributed by atoms with Gasteiger partial charge in [-0.3, -0.25) is 0 Å². The molecule has 0 rings (SSSR count). The highest BCUT2D eigenvalue weighted by atomic mass is 127. The fourth-order valence-corrected chi connectivity index (χ4v) is 1.85. The molecule has 0 aromatic rings. The Morgan fingerprint density at radius 1 is 1.20 bits per heavy atom. The van der Waals surface area contributed by atoms with Gasteiger partial charge < -0.3 is 0 Å². The summed E-state index contributed by atoms with van der Waals surface area (Å²) in [4.78, 5) is 0. The van der Waals surface area contributed by atoms with Gasteiger partial charge in [0.1, 0.15) is 0 Å². The number of halogens is 1. The summed E-state index contributed by atoms with van der Waals surface area (Å²) >= 11 is 2.41. The average molecular weight is 268 g/mol. The summed E-state index contributed by atoms with van der Waals surface area (Å²) in [6.45, 7) is 7.21. The summed E-state index contributed by atoms with van der Waals surface area (Å²) in [6.07, 6.45) is 5.90. The van der Waals surface area contributed by atoms with Crippen molar-refractivity contribution in [3.05, 3.63) is 12.2 Å². The van der Waals surface area contributed by atoms with E-state index in [2.05, 4.69) is 54.4 Å². The predicted molar refractivity (Wildman–Crippen MR) is 60.8 cm³/mol. The largest absolute Gasteiger partial charge is 0.0912 e. The van der Waals surface area contributed by atoms with Crippen molar-refractivity contribution in [2.45, 2.75) is 32.1 Å². The van der Waals surface area contributed by atoms with Crippen LogP contribution < -0.4 is 0 Å². The Kier molecular flexibility index (Phi) is 5.72. The molecule has 0 saturated carbocycles. The maximum atomic E-state index is 2.41. The van der Waals surface area contributed by atoms with Crippen LogP contribution in [0.25, 0.3) is 0 Å². The van der Waals surface area contributed by atoms with E-state index in [1.807, 2.05) is 0 Å². The van der Waals surface area contributed by atoms with Crippen LogP contribution in [-0.4, -0.2) is 12.5 Å². The molecule has 2 heteroatoms. The Morgan fingerprint density at radius 3 is 2.20 bits per heavy atom. The van der Waals surface area contributed by atoms with Crippen molar-refractivity contribution in [3.63, 3.8) is 0 Å². The van der Waals surface area contributed by atoms with Gasteiger partial charge in [-0.25, -0.2) is 0 Å². The molecular formula is C8H17ISi. The summed E-state index contributed by atoms with van der Waals surface area (Å²) < 4.78 is 1.25. The maximum absolute atomic E-state index is 2.41. The lowest BCUT2D eigenvalue weighted by molar-refractivity contribution is 1.26.